The molecule has 0 radical (unpaired) electrons. The summed E-state index contributed by atoms with van der Waals surface area (Å²) in [6.07, 6.45) is 4.17. The zero-order valence-electron chi connectivity index (χ0n) is 29.3. The Bertz CT molecular complexity index is 2500. The molecule has 0 atom stereocenters. The van der Waals surface area contributed by atoms with Gasteiger partial charge in [-0.05, 0) is 0 Å². The van der Waals surface area contributed by atoms with Crippen LogP contribution in [0, 0.1) is 0 Å². The number of fused-ring (bicyclic) bond motifs is 1. The predicted molar refractivity (Wildman–Crippen MR) is 214 cm³/mol. The van der Waals surface area contributed by atoms with Crippen molar-refractivity contribution in [2.45, 2.75) is 33.9 Å². The summed E-state index contributed by atoms with van der Waals surface area (Å²) < 4.78 is 13.3. The third kappa shape index (κ3) is 6.59. The topological polar surface area (TPSA) is 75.7 Å². The van der Waals surface area contributed by atoms with E-state index in [1.807, 2.05) is 54.0 Å². The molecule has 2 aromatic heterocycles. The van der Waals surface area contributed by atoms with Crippen molar-refractivity contribution in [3.05, 3.63) is 149 Å². The summed E-state index contributed by atoms with van der Waals surface area (Å²) in [6.45, 7) is 8.15. The van der Waals surface area contributed by atoms with E-state index in [2.05, 4.69) is 84.0 Å². The van der Waals surface area contributed by atoms with E-state index in [0.29, 0.717) is 28.8 Å². The summed E-state index contributed by atoms with van der Waals surface area (Å²) in [5.41, 5.74) is 5.65. The van der Waals surface area contributed by atoms with Crippen molar-refractivity contribution in [1.29, 1.82) is 0 Å². The number of carbonyl (C=O) groups is 1. The van der Waals surface area contributed by atoms with Gasteiger partial charge in [0.25, 0.3) is 0 Å². The van der Waals surface area contributed by atoms with E-state index < -0.39 is 5.97 Å². The second kappa shape index (κ2) is 15.3. The van der Waals surface area contributed by atoms with Crippen LogP contribution in [0.3, 0.4) is 0 Å². The average molecular weight is 792 g/mol. The Hall–Kier alpha value is -4.99. The van der Waals surface area contributed by atoms with Gasteiger partial charge in [0.15, 0.2) is 0 Å². The number of nitrogens with zero attached hydrogens (tertiary/aromatic N) is 3. The maximum atomic E-state index is 14.5. The van der Waals surface area contributed by atoms with E-state index in [-0.39, 0.29) is 26.1 Å². The first-order chi connectivity index (χ1) is 25.4. The molecule has 4 aromatic carbocycles. The Morgan fingerprint density at radius 2 is 1.54 bits per heavy atom. The van der Waals surface area contributed by atoms with Crippen LogP contribution in [0.25, 0.3) is 33.3 Å². The van der Waals surface area contributed by atoms with Gasteiger partial charge in [0.1, 0.15) is 0 Å². The normalized spacial score (nSPS) is 14.2. The molecule has 0 spiro atoms. The van der Waals surface area contributed by atoms with Gasteiger partial charge in [-0.25, -0.2) is 0 Å². The number of aromatic carboxylic acids is 1. The molecule has 0 unspecified atom stereocenters. The molecular formula is C42H38N3O4S2Se+. The number of aromatic nitrogens is 2. The zero-order valence-corrected chi connectivity index (χ0v) is 32.7. The molecule has 1 N–H and O–H groups in total. The first-order valence-corrected chi connectivity index (χ1v) is 20.5. The molecule has 1 aliphatic rings. The van der Waals surface area contributed by atoms with Crippen molar-refractivity contribution in [3.63, 3.8) is 0 Å². The van der Waals surface area contributed by atoms with Crippen molar-refractivity contribution < 1.29 is 19.2 Å². The molecule has 6 aromatic rings. The maximum absolute atomic E-state index is 14.5. The number of carboxylic acids is 1. The van der Waals surface area contributed by atoms with Crippen LogP contribution < -0.4 is 33.4 Å². The van der Waals surface area contributed by atoms with Gasteiger partial charge in [0, 0.05) is 0 Å². The third-order valence-corrected chi connectivity index (χ3v) is 13.7. The van der Waals surface area contributed by atoms with Crippen LogP contribution in [-0.4, -0.2) is 44.3 Å². The first-order valence-electron chi connectivity index (χ1n) is 17.2. The summed E-state index contributed by atoms with van der Waals surface area (Å²) >= 11 is 3.06. The molecule has 0 fully saturated rings. The van der Waals surface area contributed by atoms with Gasteiger partial charge in [0.05, 0.1) is 0 Å². The van der Waals surface area contributed by atoms with Crippen LogP contribution in [0.1, 0.15) is 41.7 Å². The van der Waals surface area contributed by atoms with Crippen LogP contribution >= 0.6 is 22.7 Å². The van der Waals surface area contributed by atoms with E-state index in [0.717, 1.165) is 53.9 Å². The van der Waals surface area contributed by atoms with Gasteiger partial charge in [-0.3, -0.25) is 0 Å². The fourth-order valence-corrected chi connectivity index (χ4v) is 11.5. The van der Waals surface area contributed by atoms with Gasteiger partial charge < -0.3 is 0 Å². The Balaban J connectivity index is 1.51. The zero-order chi connectivity index (χ0) is 36.4. The Morgan fingerprint density at radius 1 is 0.865 bits per heavy atom. The summed E-state index contributed by atoms with van der Waals surface area (Å²) in [4.78, 5) is 30.5. The molecule has 7 rings (SSSR count). The summed E-state index contributed by atoms with van der Waals surface area (Å²) in [5.74, 6) is -0.255. The minimum absolute atomic E-state index is 0.0671. The summed E-state index contributed by atoms with van der Waals surface area (Å²) in [7, 11) is 1.66. The predicted octanol–water partition coefficient (Wildman–Crippen LogP) is 6.08. The van der Waals surface area contributed by atoms with Crippen molar-refractivity contribution in [3.8, 4) is 27.4 Å². The van der Waals surface area contributed by atoms with Crippen LogP contribution in [0.15, 0.2) is 119 Å². The second-order valence-corrected chi connectivity index (χ2v) is 16.3. The summed E-state index contributed by atoms with van der Waals surface area (Å²) in [5, 5.41) is 11.4. The van der Waals surface area contributed by atoms with Crippen molar-refractivity contribution in [2.75, 3.05) is 18.6 Å². The van der Waals surface area contributed by atoms with Crippen LogP contribution in [0.2, 0.25) is 0 Å². The standard InChI is InChI=1S/C42H37N3O4S2Se/c1-5-43-33-24-29(49-4)22-23-34(33)52-37(43)25-32(30-20-14-15-21-31(30)42(47)48)40-41(46)45(7-3)36(51-40)26-35-44(6-2)38(27-16-10-8-11-17-27)39(50-35)28-18-12-9-13-19-28/h8-26H,5-7H2,1-4H3/p+1/b37-25?,40-32-. The van der Waals surface area contributed by atoms with Crippen LogP contribution in [0.5, 0.6) is 5.75 Å². The number of hydrogen-bond donors (Lipinski definition) is 1. The molecule has 7 nitrogen and oxygen atoms in total. The second-order valence-electron chi connectivity index (χ2n) is 12.0. The van der Waals surface area contributed by atoms with Gasteiger partial charge in [-0.2, -0.15) is 0 Å². The third-order valence-electron chi connectivity index (χ3n) is 9.05. The number of carboxylic acid groups (broad SMARTS) is 1. The Morgan fingerprint density at radius 3 is 2.17 bits per heavy atom. The molecule has 10 heteroatoms. The quantitative estimate of drug-likeness (QED) is 0.135. The van der Waals surface area contributed by atoms with E-state index in [1.54, 1.807) is 30.6 Å². The van der Waals surface area contributed by atoms with E-state index in [9.17, 15) is 14.7 Å². The van der Waals surface area contributed by atoms with Gasteiger partial charge in [-0.15, -0.1) is 0 Å². The molecule has 0 aliphatic carbocycles. The van der Waals surface area contributed by atoms with Gasteiger partial charge >= 0.3 is 282 Å². The molecule has 52 heavy (non-hydrogen) atoms. The molecular weight excluding hydrogens is 754 g/mol. The van der Waals surface area contributed by atoms with Crippen molar-refractivity contribution >= 4 is 65.4 Å². The van der Waals surface area contributed by atoms with Gasteiger partial charge in [0.2, 0.25) is 0 Å². The average Bonchev–Trinajstić information content (AvgIpc) is 3.83. The monoisotopic (exact) mass is 792 g/mol. The van der Waals surface area contributed by atoms with E-state index in [1.165, 1.54) is 15.8 Å². The molecule has 3 heterocycles. The Kier molecular flexibility index (Phi) is 10.4. The number of benzene rings is 4. The fourth-order valence-electron chi connectivity index (χ4n) is 6.57. The first kappa shape index (κ1) is 35.4. The number of rotatable bonds is 10. The van der Waals surface area contributed by atoms with Gasteiger partial charge in [-0.1, -0.05) is 36.4 Å². The summed E-state index contributed by atoms with van der Waals surface area (Å²) in [6, 6.07) is 34.0. The van der Waals surface area contributed by atoms with Crippen molar-refractivity contribution in [1.82, 2.24) is 4.57 Å². The molecule has 0 amide bonds. The number of allylic oxidation sites excluding steroid dienone is 1. The van der Waals surface area contributed by atoms with E-state index in [4.69, 9.17) is 4.74 Å². The van der Waals surface area contributed by atoms with Crippen LogP contribution in [-0.2, 0) is 13.1 Å². The molecule has 262 valence electrons. The Labute approximate surface area is 316 Å². The number of anilines is 1. The van der Waals surface area contributed by atoms with Crippen molar-refractivity contribution in [2.24, 2.45) is 0 Å². The number of thiazole rings is 2. The molecule has 0 bridgehead atoms. The van der Waals surface area contributed by atoms with Crippen LogP contribution in [0.4, 0.5) is 5.69 Å². The minimum atomic E-state index is -1.03. The molecule has 0 saturated heterocycles. The number of methoxy groups -OCH3 is 1. The molecule has 0 saturated carbocycles. The number of ether oxygens (including phenoxy) is 1. The SMILES string of the molecule is CCN1C(=C/C(c2ccccc2C(=O)O)=c2/sc(=Cc3sc(-c4ccccc4)c(-c4ccccc4)[n+]3CC)n(CC)c2=O)[Se]c2ccc(OC)cc21. The fraction of sp³-hybridized carbons (Fsp3) is 0.167. The van der Waals surface area contributed by atoms with E-state index >= 15 is 0 Å². The molecule has 1 aliphatic heterocycles. The number of hydrogen-bond acceptors (Lipinski definition) is 6.